The first kappa shape index (κ1) is 36.1. The molecule has 286 valence electrons. The third-order valence-corrected chi connectivity index (χ3v) is 12.0. The molecule has 0 fully saturated rings. The molecule has 0 saturated carbocycles. The van der Waals surface area contributed by atoms with Crippen molar-refractivity contribution in [3.63, 3.8) is 0 Å². The molecule has 3 heteroatoms. The van der Waals surface area contributed by atoms with Gasteiger partial charge in [0.2, 0.25) is 0 Å². The van der Waals surface area contributed by atoms with Gasteiger partial charge in [-0.25, -0.2) is 15.0 Å². The molecule has 0 atom stereocenters. The molecule has 1 aromatic heterocycles. The standard InChI is InChI=1S/C58H39N3/c1-6-20-40(21-7-1)45-37-46(41-22-8-2-9-23-41)39-47(38-45)57-60-55(42-24-10-3-11-25-42)59-56(61-57)44-27-18-26-43(36-44)50-33-19-35-53-54(50)51-32-16-17-34-52(51)58(53,48-28-12-4-13-29-48)49-30-14-5-15-31-49/h1-39H. The highest BCUT2D eigenvalue weighted by molar-refractivity contribution is 5.96. The van der Waals surface area contributed by atoms with E-state index in [1.807, 2.05) is 18.2 Å². The van der Waals surface area contributed by atoms with Gasteiger partial charge in [-0.15, -0.1) is 0 Å². The Hall–Kier alpha value is -8.01. The van der Waals surface area contributed by atoms with E-state index in [-0.39, 0.29) is 0 Å². The molecule has 0 amide bonds. The molecule has 0 unspecified atom stereocenters. The van der Waals surface area contributed by atoms with Gasteiger partial charge in [-0.1, -0.05) is 212 Å². The molecule has 1 heterocycles. The molecule has 1 aliphatic rings. The van der Waals surface area contributed by atoms with Gasteiger partial charge in [0.25, 0.3) is 0 Å². The first-order valence-electron chi connectivity index (χ1n) is 20.8. The summed E-state index contributed by atoms with van der Waals surface area (Å²) in [5, 5.41) is 0. The molecular weight excluding hydrogens is 739 g/mol. The fourth-order valence-electron chi connectivity index (χ4n) is 9.26. The molecule has 10 aromatic rings. The molecule has 0 saturated heterocycles. The highest BCUT2D eigenvalue weighted by atomic mass is 15.0. The van der Waals surface area contributed by atoms with E-state index < -0.39 is 5.41 Å². The van der Waals surface area contributed by atoms with Gasteiger partial charge in [0.15, 0.2) is 17.5 Å². The predicted octanol–water partition coefficient (Wildman–Crippen LogP) is 14.2. The van der Waals surface area contributed by atoms with E-state index in [9.17, 15) is 0 Å². The van der Waals surface area contributed by atoms with E-state index in [0.29, 0.717) is 17.5 Å². The number of hydrogen-bond donors (Lipinski definition) is 0. The molecule has 0 bridgehead atoms. The van der Waals surface area contributed by atoms with Gasteiger partial charge in [0.1, 0.15) is 0 Å². The monoisotopic (exact) mass is 777 g/mol. The van der Waals surface area contributed by atoms with Crippen molar-refractivity contribution < 1.29 is 0 Å². The number of nitrogens with zero attached hydrogens (tertiary/aromatic N) is 3. The molecule has 0 spiro atoms. The first-order valence-corrected chi connectivity index (χ1v) is 20.8. The van der Waals surface area contributed by atoms with Gasteiger partial charge in [-0.05, 0) is 91.0 Å². The summed E-state index contributed by atoms with van der Waals surface area (Å²) in [5.74, 6) is 1.87. The molecule has 61 heavy (non-hydrogen) atoms. The summed E-state index contributed by atoms with van der Waals surface area (Å²) in [6.45, 7) is 0. The highest BCUT2D eigenvalue weighted by Gasteiger charge is 2.46. The molecule has 0 aliphatic heterocycles. The summed E-state index contributed by atoms with van der Waals surface area (Å²) in [4.78, 5) is 15.6. The van der Waals surface area contributed by atoms with Crippen LogP contribution in [0.1, 0.15) is 22.3 Å². The summed E-state index contributed by atoms with van der Waals surface area (Å²) < 4.78 is 0. The molecule has 9 aromatic carbocycles. The SMILES string of the molecule is c1ccc(-c2cc(-c3ccccc3)cc(-c3nc(-c4ccccc4)nc(-c4cccc(-c5cccc6c5-c5ccccc5C6(c5ccccc5)c5ccccc5)c4)n3)c2)cc1. The lowest BCUT2D eigenvalue weighted by molar-refractivity contribution is 0.768. The number of benzene rings is 9. The van der Waals surface area contributed by atoms with Crippen molar-refractivity contribution in [2.45, 2.75) is 5.41 Å². The van der Waals surface area contributed by atoms with E-state index in [0.717, 1.165) is 44.5 Å². The maximum Gasteiger partial charge on any atom is 0.164 e. The quantitative estimate of drug-likeness (QED) is 0.154. The summed E-state index contributed by atoms with van der Waals surface area (Å²) in [5.41, 5.74) is 16.6. The fourth-order valence-corrected chi connectivity index (χ4v) is 9.26. The van der Waals surface area contributed by atoms with Crippen LogP contribution in [0.25, 0.3) is 78.7 Å². The van der Waals surface area contributed by atoms with Crippen LogP contribution in [0, 0.1) is 0 Å². The summed E-state index contributed by atoms with van der Waals surface area (Å²) in [6.07, 6.45) is 0. The van der Waals surface area contributed by atoms with Crippen LogP contribution in [0.4, 0.5) is 0 Å². The van der Waals surface area contributed by atoms with Crippen LogP contribution in [0.2, 0.25) is 0 Å². The van der Waals surface area contributed by atoms with Crippen LogP contribution >= 0.6 is 0 Å². The fraction of sp³-hybridized carbons (Fsp3) is 0.0172. The van der Waals surface area contributed by atoms with Crippen LogP contribution in [0.15, 0.2) is 237 Å². The van der Waals surface area contributed by atoms with E-state index in [4.69, 9.17) is 15.0 Å². The average molecular weight is 778 g/mol. The Labute approximate surface area is 356 Å². The highest BCUT2D eigenvalue weighted by Crippen LogP contribution is 2.58. The van der Waals surface area contributed by atoms with Gasteiger partial charge in [-0.2, -0.15) is 0 Å². The third kappa shape index (κ3) is 6.35. The van der Waals surface area contributed by atoms with Crippen molar-refractivity contribution >= 4 is 0 Å². The van der Waals surface area contributed by atoms with Crippen molar-refractivity contribution in [1.29, 1.82) is 0 Å². The normalized spacial score (nSPS) is 12.4. The van der Waals surface area contributed by atoms with Crippen molar-refractivity contribution in [1.82, 2.24) is 15.0 Å². The lowest BCUT2D eigenvalue weighted by Gasteiger charge is -2.34. The Kier molecular flexibility index (Phi) is 9.05. The molecule has 0 N–H and O–H groups in total. The predicted molar refractivity (Wildman–Crippen MR) is 250 cm³/mol. The first-order chi connectivity index (χ1) is 30.2. The lowest BCUT2D eigenvalue weighted by Crippen LogP contribution is -2.28. The Morgan fingerprint density at radius 1 is 0.246 bits per heavy atom. The van der Waals surface area contributed by atoms with E-state index >= 15 is 0 Å². The van der Waals surface area contributed by atoms with Gasteiger partial charge < -0.3 is 0 Å². The minimum absolute atomic E-state index is 0.483. The smallest absolute Gasteiger partial charge is 0.164 e. The van der Waals surface area contributed by atoms with Crippen molar-refractivity contribution in [3.8, 4) is 78.7 Å². The summed E-state index contributed by atoms with van der Waals surface area (Å²) in [6, 6.07) is 84.2. The zero-order valence-corrected chi connectivity index (χ0v) is 33.4. The second-order valence-electron chi connectivity index (χ2n) is 15.5. The number of rotatable bonds is 8. The van der Waals surface area contributed by atoms with Gasteiger partial charge in [0.05, 0.1) is 5.41 Å². The van der Waals surface area contributed by atoms with Gasteiger partial charge in [0, 0.05) is 16.7 Å². The third-order valence-electron chi connectivity index (χ3n) is 12.0. The minimum atomic E-state index is -0.483. The summed E-state index contributed by atoms with van der Waals surface area (Å²) >= 11 is 0. The molecule has 0 radical (unpaired) electrons. The maximum absolute atomic E-state index is 5.29. The number of aromatic nitrogens is 3. The minimum Gasteiger partial charge on any atom is -0.208 e. The topological polar surface area (TPSA) is 38.7 Å². The van der Waals surface area contributed by atoms with E-state index in [2.05, 4.69) is 218 Å². The molecule has 3 nitrogen and oxygen atoms in total. The Morgan fingerprint density at radius 3 is 1.21 bits per heavy atom. The Bertz CT molecular complexity index is 3070. The van der Waals surface area contributed by atoms with Crippen LogP contribution in [-0.2, 0) is 5.41 Å². The van der Waals surface area contributed by atoms with Gasteiger partial charge >= 0.3 is 0 Å². The second-order valence-corrected chi connectivity index (χ2v) is 15.5. The van der Waals surface area contributed by atoms with Crippen LogP contribution in [0.3, 0.4) is 0 Å². The zero-order valence-electron chi connectivity index (χ0n) is 33.4. The number of fused-ring (bicyclic) bond motifs is 3. The Balaban J connectivity index is 1.10. The lowest BCUT2D eigenvalue weighted by atomic mass is 9.67. The second kappa shape index (κ2) is 15.3. The molecular formula is C58H39N3. The van der Waals surface area contributed by atoms with Crippen molar-refractivity contribution in [2.24, 2.45) is 0 Å². The Morgan fingerprint density at radius 2 is 0.623 bits per heavy atom. The van der Waals surface area contributed by atoms with Crippen LogP contribution in [-0.4, -0.2) is 15.0 Å². The van der Waals surface area contributed by atoms with Crippen LogP contribution in [0.5, 0.6) is 0 Å². The summed E-state index contributed by atoms with van der Waals surface area (Å²) in [7, 11) is 0. The van der Waals surface area contributed by atoms with Gasteiger partial charge in [-0.3, -0.25) is 0 Å². The molecule has 11 rings (SSSR count). The van der Waals surface area contributed by atoms with Crippen LogP contribution < -0.4 is 0 Å². The van der Waals surface area contributed by atoms with Crippen molar-refractivity contribution in [3.05, 3.63) is 259 Å². The molecule has 1 aliphatic carbocycles. The van der Waals surface area contributed by atoms with E-state index in [1.54, 1.807) is 0 Å². The largest absolute Gasteiger partial charge is 0.208 e. The zero-order chi connectivity index (χ0) is 40.6. The average Bonchev–Trinajstić information content (AvgIpc) is 3.66. The van der Waals surface area contributed by atoms with Crippen molar-refractivity contribution in [2.75, 3.05) is 0 Å². The van der Waals surface area contributed by atoms with E-state index in [1.165, 1.54) is 38.9 Å². The maximum atomic E-state index is 5.29. The number of hydrogen-bond acceptors (Lipinski definition) is 3.